The Morgan fingerprint density at radius 3 is 2.80 bits per heavy atom. The lowest BCUT2D eigenvalue weighted by Gasteiger charge is -2.18. The van der Waals surface area contributed by atoms with Crippen LogP contribution in [0, 0.1) is 0 Å². The molecule has 0 aliphatic carbocycles. The van der Waals surface area contributed by atoms with Crippen molar-refractivity contribution in [2.45, 2.75) is 26.8 Å². The zero-order valence-electron chi connectivity index (χ0n) is 17.3. The van der Waals surface area contributed by atoms with Crippen LogP contribution < -0.4 is 5.32 Å². The van der Waals surface area contributed by atoms with Crippen LogP contribution in [-0.4, -0.2) is 40.0 Å². The Bertz CT molecular complexity index is 1110. The quantitative estimate of drug-likeness (QED) is 0.383. The Hall–Kier alpha value is -2.48. The minimum absolute atomic E-state index is 0.0432. The number of thiophene rings is 1. The third-order valence-electron chi connectivity index (χ3n) is 5.23. The van der Waals surface area contributed by atoms with Crippen molar-refractivity contribution < 1.29 is 4.79 Å². The highest BCUT2D eigenvalue weighted by Crippen LogP contribution is 2.28. The van der Waals surface area contributed by atoms with Crippen molar-refractivity contribution in [2.24, 2.45) is 0 Å². The van der Waals surface area contributed by atoms with Gasteiger partial charge < -0.3 is 14.8 Å². The molecule has 1 aromatic carbocycles. The molecule has 0 atom stereocenters. The smallest absolute Gasteiger partial charge is 0.230 e. The van der Waals surface area contributed by atoms with Crippen molar-refractivity contribution in [1.29, 1.82) is 0 Å². The van der Waals surface area contributed by atoms with Crippen LogP contribution in [0.25, 0.3) is 20.8 Å². The molecule has 3 aromatic heterocycles. The molecule has 0 fully saturated rings. The second kappa shape index (κ2) is 9.55. The van der Waals surface area contributed by atoms with E-state index in [-0.39, 0.29) is 12.3 Å². The van der Waals surface area contributed by atoms with E-state index in [9.17, 15) is 4.79 Å². The number of amides is 1. The maximum Gasteiger partial charge on any atom is 0.230 e. The van der Waals surface area contributed by atoms with Gasteiger partial charge >= 0.3 is 0 Å². The minimum atomic E-state index is -0.0432. The lowest BCUT2D eigenvalue weighted by Crippen LogP contribution is -2.26. The summed E-state index contributed by atoms with van der Waals surface area (Å²) in [6.45, 7) is 8.53. The summed E-state index contributed by atoms with van der Waals surface area (Å²) < 4.78 is 2.28. The number of hydrogen-bond acceptors (Lipinski definition) is 5. The zero-order chi connectivity index (χ0) is 20.9. The third-order valence-corrected chi connectivity index (χ3v) is 7.16. The molecule has 4 rings (SSSR count). The molecule has 30 heavy (non-hydrogen) atoms. The fourth-order valence-corrected chi connectivity index (χ4v) is 5.17. The van der Waals surface area contributed by atoms with E-state index in [1.807, 2.05) is 29.0 Å². The number of likely N-dealkylation sites (N-methyl/N-ethyl adjacent to an activating group) is 1. The molecule has 156 valence electrons. The Labute approximate surface area is 185 Å². The van der Waals surface area contributed by atoms with E-state index in [2.05, 4.69) is 58.0 Å². The van der Waals surface area contributed by atoms with Crippen LogP contribution in [0.4, 0.5) is 5.69 Å². The lowest BCUT2D eigenvalue weighted by atomic mass is 10.2. The van der Waals surface area contributed by atoms with Gasteiger partial charge in [0.25, 0.3) is 0 Å². The lowest BCUT2D eigenvalue weighted by molar-refractivity contribution is -0.115. The number of benzene rings is 1. The molecule has 0 aliphatic rings. The van der Waals surface area contributed by atoms with E-state index < -0.39 is 0 Å². The monoisotopic (exact) mass is 438 g/mol. The van der Waals surface area contributed by atoms with Gasteiger partial charge in [0.1, 0.15) is 5.01 Å². The van der Waals surface area contributed by atoms with E-state index in [1.54, 1.807) is 22.7 Å². The number of aromatic nitrogens is 2. The highest BCUT2D eigenvalue weighted by Gasteiger charge is 2.11. The predicted octanol–water partition coefficient (Wildman–Crippen LogP) is 5.35. The molecule has 0 radical (unpaired) electrons. The highest BCUT2D eigenvalue weighted by molar-refractivity contribution is 7.20. The van der Waals surface area contributed by atoms with Crippen molar-refractivity contribution in [3.63, 3.8) is 0 Å². The Kier molecular flexibility index (Phi) is 6.62. The molecule has 0 saturated carbocycles. The first-order valence-electron chi connectivity index (χ1n) is 10.3. The van der Waals surface area contributed by atoms with Crippen molar-refractivity contribution in [3.8, 4) is 9.88 Å². The molecule has 0 aliphatic heterocycles. The molecule has 0 bridgehead atoms. The van der Waals surface area contributed by atoms with Crippen LogP contribution in [0.15, 0.2) is 53.4 Å². The largest absolute Gasteiger partial charge is 0.346 e. The van der Waals surface area contributed by atoms with Crippen LogP contribution in [0.3, 0.4) is 0 Å². The van der Waals surface area contributed by atoms with Crippen LogP contribution in [0.2, 0.25) is 0 Å². The van der Waals surface area contributed by atoms with Crippen LogP contribution >= 0.6 is 22.7 Å². The Balaban J connectivity index is 1.38. The first-order valence-corrected chi connectivity index (χ1v) is 12.0. The van der Waals surface area contributed by atoms with Gasteiger partial charge in [0, 0.05) is 41.3 Å². The van der Waals surface area contributed by atoms with E-state index in [1.165, 1.54) is 5.52 Å². The van der Waals surface area contributed by atoms with Gasteiger partial charge in [-0.3, -0.25) is 4.79 Å². The second-order valence-corrected chi connectivity index (χ2v) is 8.96. The summed E-state index contributed by atoms with van der Waals surface area (Å²) in [5.74, 6) is -0.0432. The maximum atomic E-state index is 12.5. The first-order chi connectivity index (χ1) is 14.7. The normalized spacial score (nSPS) is 11.4. The van der Waals surface area contributed by atoms with E-state index in [0.29, 0.717) is 0 Å². The van der Waals surface area contributed by atoms with Gasteiger partial charge in [-0.15, -0.1) is 22.7 Å². The van der Waals surface area contributed by atoms with E-state index >= 15 is 0 Å². The molecule has 3 heterocycles. The Morgan fingerprint density at radius 2 is 2.03 bits per heavy atom. The summed E-state index contributed by atoms with van der Waals surface area (Å²) in [7, 11) is 0. The third kappa shape index (κ3) is 4.80. The number of rotatable bonds is 9. The SMILES string of the molecule is CCN(CC)CCn1ccc2cc(NC(=O)Cc3csc(-c4cccs4)n3)ccc21. The number of carbonyl (C=O) groups excluding carboxylic acids is 1. The number of nitrogens with one attached hydrogen (secondary N) is 1. The number of carbonyl (C=O) groups is 1. The molecule has 4 aromatic rings. The van der Waals surface area contributed by atoms with Crippen LogP contribution in [0.5, 0.6) is 0 Å². The molecule has 0 spiro atoms. The molecule has 0 saturated heterocycles. The number of fused-ring (bicyclic) bond motifs is 1. The average Bonchev–Trinajstić information content (AvgIpc) is 3.49. The number of anilines is 1. The van der Waals surface area contributed by atoms with Crippen molar-refractivity contribution >= 4 is 45.2 Å². The van der Waals surface area contributed by atoms with Gasteiger partial charge in [-0.25, -0.2) is 4.98 Å². The fourth-order valence-electron chi connectivity index (χ4n) is 3.53. The second-order valence-electron chi connectivity index (χ2n) is 7.16. The highest BCUT2D eigenvalue weighted by atomic mass is 32.1. The summed E-state index contributed by atoms with van der Waals surface area (Å²) in [5, 5.41) is 9.13. The van der Waals surface area contributed by atoms with E-state index in [4.69, 9.17) is 0 Å². The molecule has 5 nitrogen and oxygen atoms in total. The van der Waals surface area contributed by atoms with Gasteiger partial charge in [-0.2, -0.15) is 0 Å². The number of thiazole rings is 1. The van der Waals surface area contributed by atoms with Gasteiger partial charge in [-0.1, -0.05) is 19.9 Å². The van der Waals surface area contributed by atoms with Crippen LogP contribution in [0.1, 0.15) is 19.5 Å². The molecular weight excluding hydrogens is 412 g/mol. The minimum Gasteiger partial charge on any atom is -0.346 e. The van der Waals surface area contributed by atoms with Crippen molar-refractivity contribution in [2.75, 3.05) is 25.0 Å². The van der Waals surface area contributed by atoms with Crippen molar-refractivity contribution in [3.05, 3.63) is 59.0 Å². The van der Waals surface area contributed by atoms with E-state index in [0.717, 1.165) is 52.8 Å². The molecular formula is C23H26N4OS2. The summed E-state index contributed by atoms with van der Waals surface area (Å²) >= 11 is 3.25. The van der Waals surface area contributed by atoms with Gasteiger partial charge in [0.15, 0.2) is 0 Å². The molecule has 1 N–H and O–H groups in total. The first kappa shape index (κ1) is 20.8. The summed E-state index contributed by atoms with van der Waals surface area (Å²) in [5.41, 5.74) is 2.83. The molecule has 7 heteroatoms. The fraction of sp³-hybridized carbons (Fsp3) is 0.304. The predicted molar refractivity (Wildman–Crippen MR) is 127 cm³/mol. The Morgan fingerprint density at radius 1 is 1.17 bits per heavy atom. The molecule has 0 unspecified atom stereocenters. The average molecular weight is 439 g/mol. The van der Waals surface area contributed by atoms with Gasteiger partial charge in [0.05, 0.1) is 17.0 Å². The standard InChI is InChI=1S/C23H26N4OS2/c1-3-26(4-2)11-12-27-10-9-17-14-18(7-8-20(17)27)24-22(28)15-19-16-30-23(25-19)21-6-5-13-29-21/h5-10,13-14,16H,3-4,11-12,15H2,1-2H3,(H,24,28). The summed E-state index contributed by atoms with van der Waals surface area (Å²) in [6.07, 6.45) is 2.41. The topological polar surface area (TPSA) is 50.2 Å². The van der Waals surface area contributed by atoms with Gasteiger partial charge in [-0.05, 0) is 48.8 Å². The number of hydrogen-bond donors (Lipinski definition) is 1. The van der Waals surface area contributed by atoms with Crippen LogP contribution in [-0.2, 0) is 17.8 Å². The summed E-state index contributed by atoms with van der Waals surface area (Å²) in [6, 6.07) is 12.3. The zero-order valence-corrected chi connectivity index (χ0v) is 18.9. The molecule has 1 amide bonds. The number of nitrogens with zero attached hydrogens (tertiary/aromatic N) is 3. The maximum absolute atomic E-state index is 12.5. The van der Waals surface area contributed by atoms with Gasteiger partial charge in [0.2, 0.25) is 5.91 Å². The summed E-state index contributed by atoms with van der Waals surface area (Å²) in [4.78, 5) is 20.7. The van der Waals surface area contributed by atoms with Crippen molar-refractivity contribution in [1.82, 2.24) is 14.5 Å².